The Morgan fingerprint density at radius 2 is 1.85 bits per heavy atom. The van der Waals surface area contributed by atoms with E-state index in [4.69, 9.17) is 0 Å². The van der Waals surface area contributed by atoms with Crippen LogP contribution < -0.4 is 10.6 Å². The number of rotatable bonds is 8. The summed E-state index contributed by atoms with van der Waals surface area (Å²) in [7, 11) is 0. The molecule has 1 aliphatic heterocycles. The van der Waals surface area contributed by atoms with Crippen molar-refractivity contribution >= 4 is 23.2 Å². The molecule has 2 amide bonds. The number of carbonyl (C=O) groups is 2. The topological polar surface area (TPSA) is 61.4 Å². The molecule has 0 aliphatic carbocycles. The predicted molar refractivity (Wildman–Crippen MR) is 108 cm³/mol. The lowest BCUT2D eigenvalue weighted by atomic mass is 10.1. The van der Waals surface area contributed by atoms with Gasteiger partial charge < -0.3 is 10.6 Å². The summed E-state index contributed by atoms with van der Waals surface area (Å²) in [5.41, 5.74) is 2.43. The molecular weight excluding hydrogens is 358 g/mol. The minimum absolute atomic E-state index is 0.0573. The summed E-state index contributed by atoms with van der Waals surface area (Å²) < 4.78 is 0. The van der Waals surface area contributed by atoms with Gasteiger partial charge in [-0.3, -0.25) is 14.5 Å². The van der Waals surface area contributed by atoms with Crippen molar-refractivity contribution in [2.45, 2.75) is 45.3 Å². The quantitative estimate of drug-likeness (QED) is 0.733. The molecule has 1 saturated heterocycles. The lowest BCUT2D eigenvalue weighted by Gasteiger charge is -2.19. The zero-order valence-corrected chi connectivity index (χ0v) is 16.6. The maximum atomic E-state index is 12.5. The van der Waals surface area contributed by atoms with Crippen LogP contribution in [-0.2, 0) is 22.7 Å². The Bertz CT molecular complexity index is 755. The van der Waals surface area contributed by atoms with E-state index in [0.717, 1.165) is 30.1 Å². The molecule has 1 aromatic carbocycles. The summed E-state index contributed by atoms with van der Waals surface area (Å²) in [6.07, 6.45) is 2.78. The number of likely N-dealkylation sites (tertiary alicyclic amines) is 1. The van der Waals surface area contributed by atoms with Crippen molar-refractivity contribution in [2.24, 2.45) is 0 Å². The van der Waals surface area contributed by atoms with Gasteiger partial charge in [-0.1, -0.05) is 30.3 Å². The molecule has 144 valence electrons. The second kappa shape index (κ2) is 9.67. The molecule has 1 fully saturated rings. The number of nitrogens with zero attached hydrogens (tertiary/aromatic N) is 1. The van der Waals surface area contributed by atoms with Crippen molar-refractivity contribution in [2.75, 3.05) is 13.1 Å². The van der Waals surface area contributed by atoms with Crippen LogP contribution in [-0.4, -0.2) is 29.8 Å². The molecule has 0 bridgehead atoms. The minimum Gasteiger partial charge on any atom is -0.352 e. The fourth-order valence-electron chi connectivity index (χ4n) is 3.47. The first-order valence-corrected chi connectivity index (χ1v) is 10.4. The van der Waals surface area contributed by atoms with Gasteiger partial charge in [0.15, 0.2) is 0 Å². The Morgan fingerprint density at radius 3 is 2.52 bits per heavy atom. The van der Waals surface area contributed by atoms with Gasteiger partial charge in [-0.15, -0.1) is 11.3 Å². The molecule has 5 nitrogen and oxygen atoms in total. The van der Waals surface area contributed by atoms with Crippen molar-refractivity contribution in [3.8, 4) is 0 Å². The highest BCUT2D eigenvalue weighted by Gasteiger charge is 2.18. The monoisotopic (exact) mass is 385 g/mol. The average Bonchev–Trinajstić information content (AvgIpc) is 3.34. The van der Waals surface area contributed by atoms with Crippen LogP contribution in [0.15, 0.2) is 41.8 Å². The lowest BCUT2D eigenvalue weighted by Crippen LogP contribution is -2.32. The van der Waals surface area contributed by atoms with Crippen LogP contribution in [0.3, 0.4) is 0 Å². The zero-order valence-electron chi connectivity index (χ0n) is 15.7. The summed E-state index contributed by atoms with van der Waals surface area (Å²) in [5, 5.41) is 7.86. The van der Waals surface area contributed by atoms with E-state index in [2.05, 4.69) is 33.7 Å². The molecule has 27 heavy (non-hydrogen) atoms. The molecule has 1 atom stereocenters. The van der Waals surface area contributed by atoms with Gasteiger partial charge in [0.2, 0.25) is 11.8 Å². The van der Waals surface area contributed by atoms with Crippen molar-refractivity contribution < 1.29 is 9.59 Å². The highest BCUT2D eigenvalue weighted by atomic mass is 32.1. The number of hydrogen-bond acceptors (Lipinski definition) is 4. The number of nitrogens with one attached hydrogen (secondary N) is 2. The van der Waals surface area contributed by atoms with Gasteiger partial charge in [0.25, 0.3) is 0 Å². The van der Waals surface area contributed by atoms with E-state index in [1.807, 2.05) is 23.6 Å². The molecule has 3 rings (SSSR count). The van der Waals surface area contributed by atoms with Crippen LogP contribution in [0.1, 0.15) is 48.2 Å². The zero-order chi connectivity index (χ0) is 19.1. The Morgan fingerprint density at radius 1 is 1.11 bits per heavy atom. The van der Waals surface area contributed by atoms with Crippen molar-refractivity contribution in [3.63, 3.8) is 0 Å². The van der Waals surface area contributed by atoms with Gasteiger partial charge in [-0.05, 0) is 48.5 Å². The van der Waals surface area contributed by atoms with E-state index < -0.39 is 0 Å². The molecule has 2 aromatic rings. The molecule has 2 N–H and O–H groups in total. The second-order valence-electron chi connectivity index (χ2n) is 7.00. The Hall–Kier alpha value is -2.18. The third kappa shape index (κ3) is 5.91. The first-order chi connectivity index (χ1) is 13.1. The maximum absolute atomic E-state index is 12.5. The fourth-order valence-corrected chi connectivity index (χ4v) is 4.25. The van der Waals surface area contributed by atoms with Gasteiger partial charge in [0.1, 0.15) is 0 Å². The number of amides is 2. The van der Waals surface area contributed by atoms with Crippen LogP contribution >= 0.6 is 11.3 Å². The van der Waals surface area contributed by atoms with Gasteiger partial charge in [-0.2, -0.15) is 0 Å². The van der Waals surface area contributed by atoms with Crippen molar-refractivity contribution in [3.05, 3.63) is 57.8 Å². The van der Waals surface area contributed by atoms with Crippen LogP contribution in [0.4, 0.5) is 0 Å². The van der Waals surface area contributed by atoms with E-state index in [1.54, 1.807) is 11.3 Å². The van der Waals surface area contributed by atoms with E-state index in [1.165, 1.54) is 25.3 Å². The summed E-state index contributed by atoms with van der Waals surface area (Å²) >= 11 is 1.55. The number of carbonyl (C=O) groups excluding carboxylic acids is 2. The minimum atomic E-state index is -0.276. The molecular formula is C21H27N3O2S. The smallest absolute Gasteiger partial charge is 0.222 e. The van der Waals surface area contributed by atoms with Gasteiger partial charge in [0, 0.05) is 24.9 Å². The summed E-state index contributed by atoms with van der Waals surface area (Å²) in [5.74, 6) is -0.185. The van der Waals surface area contributed by atoms with Crippen molar-refractivity contribution in [1.29, 1.82) is 0 Å². The molecule has 0 unspecified atom stereocenters. The maximum Gasteiger partial charge on any atom is 0.222 e. The molecule has 2 heterocycles. The average molecular weight is 386 g/mol. The van der Waals surface area contributed by atoms with E-state index >= 15 is 0 Å². The molecule has 0 saturated carbocycles. The predicted octanol–water partition coefficient (Wildman–Crippen LogP) is 3.23. The van der Waals surface area contributed by atoms with Crippen LogP contribution in [0, 0.1) is 0 Å². The Labute approximate surface area is 164 Å². The van der Waals surface area contributed by atoms with Gasteiger partial charge >= 0.3 is 0 Å². The summed E-state index contributed by atoms with van der Waals surface area (Å²) in [6, 6.07) is 11.9. The van der Waals surface area contributed by atoms with Gasteiger partial charge in [-0.25, -0.2) is 0 Å². The van der Waals surface area contributed by atoms with E-state index in [-0.39, 0.29) is 24.3 Å². The first kappa shape index (κ1) is 19.6. The standard InChI is InChI=1S/C21H27N3O2S/c1-16(25)23-19(20-9-6-12-27-20)13-21(26)22-14-17-7-2-3-8-18(17)15-24-10-4-5-11-24/h2-3,6-9,12,19H,4-5,10-11,13-15H2,1H3,(H,22,26)(H,23,25)/t19-/m0/s1. The van der Waals surface area contributed by atoms with Crippen LogP contribution in [0.5, 0.6) is 0 Å². The first-order valence-electron chi connectivity index (χ1n) is 9.48. The lowest BCUT2D eigenvalue weighted by molar-refractivity contribution is -0.122. The molecule has 1 aliphatic rings. The van der Waals surface area contributed by atoms with E-state index in [9.17, 15) is 9.59 Å². The molecule has 0 radical (unpaired) electrons. The second-order valence-corrected chi connectivity index (χ2v) is 7.98. The number of hydrogen-bond donors (Lipinski definition) is 2. The fraction of sp³-hybridized carbons (Fsp3) is 0.429. The SMILES string of the molecule is CC(=O)N[C@@H](CC(=O)NCc1ccccc1CN1CCCC1)c1cccs1. The molecule has 1 aromatic heterocycles. The third-order valence-corrected chi connectivity index (χ3v) is 5.83. The summed E-state index contributed by atoms with van der Waals surface area (Å²) in [4.78, 5) is 27.4. The Balaban J connectivity index is 1.57. The highest BCUT2D eigenvalue weighted by molar-refractivity contribution is 7.10. The normalized spacial score (nSPS) is 15.4. The largest absolute Gasteiger partial charge is 0.352 e. The Kier molecular flexibility index (Phi) is 7.01. The highest BCUT2D eigenvalue weighted by Crippen LogP contribution is 2.22. The number of thiophene rings is 1. The van der Waals surface area contributed by atoms with E-state index in [0.29, 0.717) is 6.54 Å². The van der Waals surface area contributed by atoms with Crippen molar-refractivity contribution in [1.82, 2.24) is 15.5 Å². The van der Waals surface area contributed by atoms with Gasteiger partial charge in [0.05, 0.1) is 12.5 Å². The summed E-state index contributed by atoms with van der Waals surface area (Å²) in [6.45, 7) is 5.24. The van der Waals surface area contributed by atoms with Crippen LogP contribution in [0.2, 0.25) is 0 Å². The third-order valence-electron chi connectivity index (χ3n) is 4.84. The molecule has 0 spiro atoms. The molecule has 6 heteroatoms. The van der Waals surface area contributed by atoms with Crippen LogP contribution in [0.25, 0.3) is 0 Å². The number of benzene rings is 1.